The second-order valence-corrected chi connectivity index (χ2v) is 6.12. The first-order valence-electron chi connectivity index (χ1n) is 7.50. The van der Waals surface area contributed by atoms with E-state index in [1.54, 1.807) is 35.7 Å². The highest BCUT2D eigenvalue weighted by atomic mass is 32.1. The van der Waals surface area contributed by atoms with Crippen molar-refractivity contribution in [1.82, 2.24) is 15.1 Å². The minimum Gasteiger partial charge on any atom is -0.454 e. The van der Waals surface area contributed by atoms with Crippen LogP contribution in [0.15, 0.2) is 53.5 Å². The highest BCUT2D eigenvalue weighted by Gasteiger charge is 2.19. The van der Waals surface area contributed by atoms with Gasteiger partial charge in [-0.2, -0.15) is 16.4 Å². The van der Waals surface area contributed by atoms with Crippen molar-refractivity contribution < 1.29 is 14.3 Å². The van der Waals surface area contributed by atoms with Gasteiger partial charge in [-0.25, -0.2) is 0 Å². The van der Waals surface area contributed by atoms with E-state index in [2.05, 4.69) is 15.8 Å². The summed E-state index contributed by atoms with van der Waals surface area (Å²) in [5, 5.41) is 11.4. The molecule has 0 bridgehead atoms. The average molecular weight is 341 g/mol. The van der Waals surface area contributed by atoms with Gasteiger partial charge in [0.1, 0.15) is 0 Å². The van der Waals surface area contributed by atoms with Crippen molar-refractivity contribution in [2.75, 3.05) is 13.3 Å². The number of hydrogen-bond donors (Lipinski definition) is 1. The highest BCUT2D eigenvalue weighted by molar-refractivity contribution is 7.07. The number of ether oxygens (including phenoxy) is 2. The van der Waals surface area contributed by atoms with Crippen LogP contribution in [0.1, 0.15) is 22.0 Å². The molecule has 0 radical (unpaired) electrons. The fourth-order valence-electron chi connectivity index (χ4n) is 2.62. The van der Waals surface area contributed by atoms with E-state index in [-0.39, 0.29) is 18.7 Å². The van der Waals surface area contributed by atoms with Gasteiger partial charge in [0.15, 0.2) is 11.5 Å². The van der Waals surface area contributed by atoms with E-state index in [9.17, 15) is 4.79 Å². The maximum Gasteiger partial charge on any atom is 0.251 e. The third kappa shape index (κ3) is 2.85. The molecule has 0 saturated heterocycles. The van der Waals surface area contributed by atoms with Crippen LogP contribution in [0.2, 0.25) is 0 Å². The van der Waals surface area contributed by atoms with Crippen molar-refractivity contribution in [3.8, 4) is 11.5 Å². The summed E-state index contributed by atoms with van der Waals surface area (Å²) in [7, 11) is 0. The van der Waals surface area contributed by atoms with Gasteiger partial charge in [0.25, 0.3) is 5.91 Å². The number of benzene rings is 1. The molecule has 122 valence electrons. The molecular formula is C17H15N3O3S. The van der Waals surface area contributed by atoms with Crippen LogP contribution < -0.4 is 14.8 Å². The molecule has 0 aliphatic carbocycles. The van der Waals surface area contributed by atoms with E-state index < -0.39 is 0 Å². The summed E-state index contributed by atoms with van der Waals surface area (Å²) in [5.41, 5.74) is 1.67. The summed E-state index contributed by atoms with van der Waals surface area (Å²) < 4.78 is 12.4. The van der Waals surface area contributed by atoms with Gasteiger partial charge < -0.3 is 14.8 Å². The zero-order valence-corrected chi connectivity index (χ0v) is 13.5. The number of nitrogens with one attached hydrogen (secondary N) is 1. The van der Waals surface area contributed by atoms with Gasteiger partial charge in [-0.1, -0.05) is 0 Å². The SMILES string of the molecule is O=C(NC[C@@H](c1ccsc1)n1cccn1)c1ccc2c(c1)OCO2. The predicted molar refractivity (Wildman–Crippen MR) is 89.6 cm³/mol. The Morgan fingerprint density at radius 2 is 2.25 bits per heavy atom. The monoisotopic (exact) mass is 341 g/mol. The Labute approximate surface area is 142 Å². The van der Waals surface area contributed by atoms with Crippen LogP contribution in [-0.2, 0) is 0 Å². The lowest BCUT2D eigenvalue weighted by molar-refractivity contribution is 0.0949. The molecular weight excluding hydrogens is 326 g/mol. The minimum atomic E-state index is -0.152. The molecule has 7 heteroatoms. The molecule has 0 unspecified atom stereocenters. The lowest BCUT2D eigenvalue weighted by atomic mass is 10.1. The Kier molecular flexibility index (Phi) is 3.92. The summed E-state index contributed by atoms with van der Waals surface area (Å²) >= 11 is 1.63. The van der Waals surface area contributed by atoms with Crippen molar-refractivity contribution in [3.63, 3.8) is 0 Å². The van der Waals surface area contributed by atoms with Crippen molar-refractivity contribution in [2.24, 2.45) is 0 Å². The highest BCUT2D eigenvalue weighted by Crippen LogP contribution is 2.32. The molecule has 0 spiro atoms. The molecule has 1 N–H and O–H groups in total. The molecule has 3 heterocycles. The number of rotatable bonds is 5. The van der Waals surface area contributed by atoms with Crippen molar-refractivity contribution >= 4 is 17.2 Å². The molecule has 24 heavy (non-hydrogen) atoms. The first kappa shape index (κ1) is 14.8. The molecule has 6 nitrogen and oxygen atoms in total. The first-order valence-corrected chi connectivity index (χ1v) is 8.44. The fourth-order valence-corrected chi connectivity index (χ4v) is 3.33. The van der Waals surface area contributed by atoms with Crippen LogP contribution in [-0.4, -0.2) is 29.0 Å². The Bertz CT molecular complexity index is 797. The summed E-state index contributed by atoms with van der Waals surface area (Å²) in [5.74, 6) is 1.11. The number of nitrogens with zero attached hydrogens (tertiary/aromatic N) is 2. The van der Waals surface area contributed by atoms with E-state index in [0.717, 1.165) is 5.56 Å². The fraction of sp³-hybridized carbons (Fsp3) is 0.176. The molecule has 1 aromatic carbocycles. The van der Waals surface area contributed by atoms with Gasteiger partial charge >= 0.3 is 0 Å². The van der Waals surface area contributed by atoms with Gasteiger partial charge in [0.2, 0.25) is 6.79 Å². The molecule has 4 rings (SSSR count). The second kappa shape index (κ2) is 6.37. The van der Waals surface area contributed by atoms with Gasteiger partial charge in [0.05, 0.1) is 6.04 Å². The number of hydrogen-bond acceptors (Lipinski definition) is 5. The summed E-state index contributed by atoms with van der Waals surface area (Å²) in [4.78, 5) is 12.5. The second-order valence-electron chi connectivity index (χ2n) is 5.34. The van der Waals surface area contributed by atoms with E-state index in [1.165, 1.54) is 0 Å². The molecule has 3 aromatic rings. The van der Waals surface area contributed by atoms with Crippen LogP contribution >= 0.6 is 11.3 Å². The smallest absolute Gasteiger partial charge is 0.251 e. The van der Waals surface area contributed by atoms with Crippen LogP contribution in [0.5, 0.6) is 11.5 Å². The molecule has 0 fully saturated rings. The Morgan fingerprint density at radius 1 is 1.33 bits per heavy atom. The van der Waals surface area contributed by atoms with E-state index in [4.69, 9.17) is 9.47 Å². The maximum atomic E-state index is 12.5. The third-order valence-electron chi connectivity index (χ3n) is 3.86. The zero-order valence-electron chi connectivity index (χ0n) is 12.7. The largest absolute Gasteiger partial charge is 0.454 e. The lowest BCUT2D eigenvalue weighted by Crippen LogP contribution is -2.31. The Hall–Kier alpha value is -2.80. The molecule has 1 amide bonds. The predicted octanol–water partition coefficient (Wildman–Crippen LogP) is 2.69. The van der Waals surface area contributed by atoms with Crippen LogP contribution in [0, 0.1) is 0 Å². The normalized spacial score (nSPS) is 13.7. The molecule has 1 aliphatic rings. The summed E-state index contributed by atoms with van der Waals surface area (Å²) in [6.45, 7) is 0.644. The average Bonchev–Trinajstić information content (AvgIpc) is 3.36. The molecule has 2 aromatic heterocycles. The number of carbonyl (C=O) groups excluding carboxylic acids is 1. The van der Waals surface area contributed by atoms with E-state index in [0.29, 0.717) is 23.6 Å². The number of aromatic nitrogens is 2. The van der Waals surface area contributed by atoms with Gasteiger partial charge in [0, 0.05) is 24.5 Å². The van der Waals surface area contributed by atoms with Crippen LogP contribution in [0.25, 0.3) is 0 Å². The van der Waals surface area contributed by atoms with Crippen molar-refractivity contribution in [2.45, 2.75) is 6.04 Å². The number of thiophene rings is 1. The van der Waals surface area contributed by atoms with Crippen LogP contribution in [0.3, 0.4) is 0 Å². The Balaban J connectivity index is 1.49. The van der Waals surface area contributed by atoms with Crippen molar-refractivity contribution in [1.29, 1.82) is 0 Å². The minimum absolute atomic E-state index is 0.0378. The number of carbonyl (C=O) groups is 1. The zero-order chi connectivity index (χ0) is 16.4. The molecule has 1 atom stereocenters. The molecule has 0 saturated carbocycles. The maximum absolute atomic E-state index is 12.5. The third-order valence-corrected chi connectivity index (χ3v) is 4.56. The Morgan fingerprint density at radius 3 is 3.04 bits per heavy atom. The first-order chi connectivity index (χ1) is 11.8. The lowest BCUT2D eigenvalue weighted by Gasteiger charge is -2.17. The molecule has 1 aliphatic heterocycles. The summed E-state index contributed by atoms with van der Waals surface area (Å²) in [6.07, 6.45) is 3.63. The van der Waals surface area contributed by atoms with Gasteiger partial charge in [-0.05, 0) is 46.7 Å². The summed E-state index contributed by atoms with van der Waals surface area (Å²) in [6, 6.07) is 9.06. The number of amides is 1. The van der Waals surface area contributed by atoms with E-state index in [1.807, 2.05) is 28.4 Å². The van der Waals surface area contributed by atoms with Gasteiger partial charge in [-0.3, -0.25) is 9.48 Å². The van der Waals surface area contributed by atoms with Gasteiger partial charge in [-0.15, -0.1) is 0 Å². The van der Waals surface area contributed by atoms with Crippen LogP contribution in [0.4, 0.5) is 0 Å². The topological polar surface area (TPSA) is 65.4 Å². The van der Waals surface area contributed by atoms with E-state index >= 15 is 0 Å². The van der Waals surface area contributed by atoms with Crippen molar-refractivity contribution in [3.05, 3.63) is 64.6 Å². The standard InChI is InChI=1S/C17H15N3O3S/c21-17(12-2-3-15-16(8-12)23-11-22-15)18-9-14(13-4-7-24-10-13)20-6-1-5-19-20/h1-8,10,14H,9,11H2,(H,18,21)/t14-/m0/s1. The number of fused-ring (bicyclic) bond motifs is 1. The quantitative estimate of drug-likeness (QED) is 0.775.